The number of rotatable bonds is 2. The molecule has 4 heteroatoms. The first-order valence-corrected chi connectivity index (χ1v) is 4.04. The number of benzene rings is 1. The second kappa shape index (κ2) is 4.23. The summed E-state index contributed by atoms with van der Waals surface area (Å²) in [6.45, 7) is 1.29. The fraction of sp³-hybridized carbons (Fsp3) is 0.222. The lowest BCUT2D eigenvalue weighted by Crippen LogP contribution is -1.99. The Kier molecular flexibility index (Phi) is 3.25. The molecule has 0 saturated heterocycles. The molecule has 1 aromatic carbocycles. The molecular formula is C9H8ClFO2. The highest BCUT2D eigenvalue weighted by molar-refractivity contribution is 6.31. The molecule has 13 heavy (non-hydrogen) atoms. The molecule has 0 aliphatic heterocycles. The van der Waals surface area contributed by atoms with Crippen molar-refractivity contribution in [2.45, 2.75) is 13.5 Å². The second-order valence-corrected chi connectivity index (χ2v) is 2.92. The highest BCUT2D eigenvalue weighted by Gasteiger charge is 2.03. The molecule has 2 nitrogen and oxygen atoms in total. The standard InChI is InChI=1S/C9H8ClFO2/c1-6(12)13-5-7-4-8(11)2-3-9(7)10/h2-4H,5H2,1H3. The maximum Gasteiger partial charge on any atom is 0.302 e. The molecule has 0 unspecified atom stereocenters. The number of ether oxygens (including phenoxy) is 1. The summed E-state index contributed by atoms with van der Waals surface area (Å²) in [6.07, 6.45) is 0. The summed E-state index contributed by atoms with van der Waals surface area (Å²) in [6, 6.07) is 3.92. The van der Waals surface area contributed by atoms with Gasteiger partial charge in [0.2, 0.25) is 0 Å². The Hall–Kier alpha value is -1.09. The molecule has 0 saturated carbocycles. The summed E-state index contributed by atoms with van der Waals surface area (Å²) >= 11 is 5.72. The van der Waals surface area contributed by atoms with Crippen LogP contribution in [0.1, 0.15) is 12.5 Å². The Morgan fingerprint density at radius 3 is 2.92 bits per heavy atom. The van der Waals surface area contributed by atoms with E-state index in [1.54, 1.807) is 0 Å². The first-order valence-electron chi connectivity index (χ1n) is 3.67. The van der Waals surface area contributed by atoms with Crippen LogP contribution >= 0.6 is 11.6 Å². The topological polar surface area (TPSA) is 26.3 Å². The molecule has 0 aromatic heterocycles. The minimum atomic E-state index is -0.416. The molecule has 0 fully saturated rings. The van der Waals surface area contributed by atoms with E-state index in [0.717, 1.165) is 0 Å². The van der Waals surface area contributed by atoms with Gasteiger partial charge in [-0.1, -0.05) is 11.6 Å². The third-order valence-electron chi connectivity index (χ3n) is 1.44. The Bertz CT molecular complexity index is 325. The molecule has 1 rings (SSSR count). The summed E-state index contributed by atoms with van der Waals surface area (Å²) in [5.74, 6) is -0.813. The molecule has 0 radical (unpaired) electrons. The van der Waals surface area contributed by atoms with Crippen molar-refractivity contribution in [2.24, 2.45) is 0 Å². The Balaban J connectivity index is 2.75. The highest BCUT2D eigenvalue weighted by atomic mass is 35.5. The molecule has 0 aliphatic carbocycles. The van der Waals surface area contributed by atoms with Crippen LogP contribution in [0.5, 0.6) is 0 Å². The van der Waals surface area contributed by atoms with Gasteiger partial charge in [-0.25, -0.2) is 4.39 Å². The van der Waals surface area contributed by atoms with Crippen LogP contribution in [0.4, 0.5) is 4.39 Å². The van der Waals surface area contributed by atoms with E-state index in [2.05, 4.69) is 4.74 Å². The SMILES string of the molecule is CC(=O)OCc1cc(F)ccc1Cl. The quantitative estimate of drug-likeness (QED) is 0.689. The molecule has 0 N–H and O–H groups in total. The summed E-state index contributed by atoms with van der Waals surface area (Å²) < 4.78 is 17.3. The van der Waals surface area contributed by atoms with Crippen molar-refractivity contribution >= 4 is 17.6 Å². The first kappa shape index (κ1) is 9.99. The maximum atomic E-state index is 12.7. The Labute approximate surface area is 80.3 Å². The Morgan fingerprint density at radius 2 is 2.31 bits per heavy atom. The van der Waals surface area contributed by atoms with E-state index in [-0.39, 0.29) is 6.61 Å². The average Bonchev–Trinajstić information content (AvgIpc) is 2.06. The van der Waals surface area contributed by atoms with Crippen molar-refractivity contribution in [3.8, 4) is 0 Å². The van der Waals surface area contributed by atoms with Crippen LogP contribution in [-0.4, -0.2) is 5.97 Å². The van der Waals surface area contributed by atoms with Crippen molar-refractivity contribution in [1.82, 2.24) is 0 Å². The van der Waals surface area contributed by atoms with Crippen molar-refractivity contribution in [1.29, 1.82) is 0 Å². The highest BCUT2D eigenvalue weighted by Crippen LogP contribution is 2.17. The van der Waals surface area contributed by atoms with Gasteiger partial charge >= 0.3 is 5.97 Å². The minimum Gasteiger partial charge on any atom is -0.461 e. The molecule has 1 aromatic rings. The Morgan fingerprint density at radius 1 is 1.62 bits per heavy atom. The molecule has 0 amide bonds. The summed E-state index contributed by atoms with van der Waals surface area (Å²) in [5, 5.41) is 0.391. The predicted octanol–water partition coefficient (Wildman–Crippen LogP) is 2.54. The van der Waals surface area contributed by atoms with Gasteiger partial charge in [-0.3, -0.25) is 4.79 Å². The predicted molar refractivity (Wildman–Crippen MR) is 46.9 cm³/mol. The van der Waals surface area contributed by atoms with Crippen LogP contribution in [0.2, 0.25) is 5.02 Å². The maximum absolute atomic E-state index is 12.7. The number of carbonyl (C=O) groups is 1. The second-order valence-electron chi connectivity index (χ2n) is 2.52. The summed E-state index contributed by atoms with van der Waals surface area (Å²) in [7, 11) is 0. The van der Waals surface area contributed by atoms with E-state index < -0.39 is 11.8 Å². The molecule has 0 spiro atoms. The lowest BCUT2D eigenvalue weighted by atomic mass is 10.2. The van der Waals surface area contributed by atoms with Crippen LogP contribution in [0.3, 0.4) is 0 Å². The third kappa shape index (κ3) is 3.03. The van der Waals surface area contributed by atoms with Crippen LogP contribution in [-0.2, 0) is 16.1 Å². The third-order valence-corrected chi connectivity index (χ3v) is 1.81. The number of esters is 1. The van der Waals surface area contributed by atoms with Gasteiger partial charge in [-0.2, -0.15) is 0 Å². The van der Waals surface area contributed by atoms with E-state index in [1.807, 2.05) is 0 Å². The fourth-order valence-corrected chi connectivity index (χ4v) is 1.01. The largest absolute Gasteiger partial charge is 0.461 e. The van der Waals surface area contributed by atoms with E-state index >= 15 is 0 Å². The van der Waals surface area contributed by atoms with Crippen molar-refractivity contribution in [3.05, 3.63) is 34.6 Å². The number of hydrogen-bond acceptors (Lipinski definition) is 2. The van der Waals surface area contributed by atoms with E-state index in [0.29, 0.717) is 10.6 Å². The van der Waals surface area contributed by atoms with Gasteiger partial charge < -0.3 is 4.74 Å². The number of carbonyl (C=O) groups excluding carboxylic acids is 1. The fourth-order valence-electron chi connectivity index (χ4n) is 0.833. The first-order chi connectivity index (χ1) is 6.09. The monoisotopic (exact) mass is 202 g/mol. The molecule has 0 aliphatic rings. The normalized spacial score (nSPS) is 9.77. The van der Waals surface area contributed by atoms with Crippen molar-refractivity contribution in [3.63, 3.8) is 0 Å². The van der Waals surface area contributed by atoms with Crippen LogP contribution in [0, 0.1) is 5.82 Å². The lowest BCUT2D eigenvalue weighted by Gasteiger charge is -2.03. The van der Waals surface area contributed by atoms with Crippen molar-refractivity contribution in [2.75, 3.05) is 0 Å². The van der Waals surface area contributed by atoms with E-state index in [9.17, 15) is 9.18 Å². The van der Waals surface area contributed by atoms with Gasteiger partial charge in [0.1, 0.15) is 12.4 Å². The molecule has 0 heterocycles. The van der Waals surface area contributed by atoms with Crippen molar-refractivity contribution < 1.29 is 13.9 Å². The molecule has 0 atom stereocenters. The lowest BCUT2D eigenvalue weighted by molar-refractivity contribution is -0.142. The van der Waals surface area contributed by atoms with Crippen LogP contribution in [0.25, 0.3) is 0 Å². The zero-order chi connectivity index (χ0) is 9.84. The zero-order valence-corrected chi connectivity index (χ0v) is 7.77. The van der Waals surface area contributed by atoms with Crippen LogP contribution in [0.15, 0.2) is 18.2 Å². The zero-order valence-electron chi connectivity index (χ0n) is 7.01. The molecule has 0 bridgehead atoms. The summed E-state index contributed by atoms with van der Waals surface area (Å²) in [4.78, 5) is 10.5. The number of halogens is 2. The van der Waals surface area contributed by atoms with Crippen LogP contribution < -0.4 is 0 Å². The summed E-state index contributed by atoms with van der Waals surface area (Å²) in [5.41, 5.74) is 0.469. The van der Waals surface area contributed by atoms with Gasteiger partial charge in [0.25, 0.3) is 0 Å². The average molecular weight is 203 g/mol. The van der Waals surface area contributed by atoms with E-state index in [4.69, 9.17) is 11.6 Å². The van der Waals surface area contributed by atoms with Gasteiger partial charge in [0.15, 0.2) is 0 Å². The van der Waals surface area contributed by atoms with Gasteiger partial charge in [-0.05, 0) is 18.2 Å². The number of hydrogen-bond donors (Lipinski definition) is 0. The van der Waals surface area contributed by atoms with Gasteiger partial charge in [0, 0.05) is 17.5 Å². The smallest absolute Gasteiger partial charge is 0.302 e. The van der Waals surface area contributed by atoms with E-state index in [1.165, 1.54) is 25.1 Å². The van der Waals surface area contributed by atoms with Gasteiger partial charge in [-0.15, -0.1) is 0 Å². The molecular weight excluding hydrogens is 195 g/mol. The minimum absolute atomic E-state index is 0.00588. The van der Waals surface area contributed by atoms with Gasteiger partial charge in [0.05, 0.1) is 0 Å². The molecule has 70 valence electrons.